The van der Waals surface area contributed by atoms with Gasteiger partial charge < -0.3 is 15.7 Å². The van der Waals surface area contributed by atoms with Gasteiger partial charge in [0.1, 0.15) is 0 Å². The van der Waals surface area contributed by atoms with Gasteiger partial charge in [-0.05, 0) is 54.4 Å². The Morgan fingerprint density at radius 1 is 0.969 bits per heavy atom. The van der Waals surface area contributed by atoms with Crippen molar-refractivity contribution >= 4 is 40.9 Å². The Morgan fingerprint density at radius 2 is 1.69 bits per heavy atom. The predicted molar refractivity (Wildman–Crippen MR) is 124 cm³/mol. The summed E-state index contributed by atoms with van der Waals surface area (Å²) in [7, 11) is 0. The number of carbonyl (C=O) groups is 3. The minimum absolute atomic E-state index is 0.339. The van der Waals surface area contributed by atoms with E-state index in [1.807, 2.05) is 13.0 Å². The van der Waals surface area contributed by atoms with Crippen LogP contribution < -0.4 is 15.5 Å². The number of nitrogens with one attached hydrogen (secondary N) is 2. The van der Waals surface area contributed by atoms with E-state index in [0.29, 0.717) is 22.0 Å². The van der Waals surface area contributed by atoms with Gasteiger partial charge >= 0.3 is 12.0 Å². The molecule has 0 heterocycles. The summed E-state index contributed by atoms with van der Waals surface area (Å²) < 4.78 is 0. The molecule has 3 rings (SSSR count). The summed E-state index contributed by atoms with van der Waals surface area (Å²) in [6.45, 7) is 1.49. The second-order valence-corrected chi connectivity index (χ2v) is 7.51. The summed E-state index contributed by atoms with van der Waals surface area (Å²) in [5.41, 5.74) is 2.27. The topological polar surface area (TPSA) is 98.7 Å². The quantitative estimate of drug-likeness (QED) is 0.487. The van der Waals surface area contributed by atoms with E-state index < -0.39 is 30.5 Å². The number of carbonyl (C=O) groups excluding carboxylic acids is 2. The van der Waals surface area contributed by atoms with Crippen molar-refractivity contribution in [3.63, 3.8) is 0 Å². The molecule has 0 aliphatic heterocycles. The van der Waals surface area contributed by atoms with E-state index in [2.05, 4.69) is 10.6 Å². The van der Waals surface area contributed by atoms with E-state index in [1.165, 1.54) is 6.07 Å². The molecule has 8 heteroatoms. The number of para-hydroxylation sites is 1. The second-order valence-electron chi connectivity index (χ2n) is 7.07. The van der Waals surface area contributed by atoms with Crippen LogP contribution in [0, 0.1) is 6.92 Å². The van der Waals surface area contributed by atoms with Crippen LogP contribution in [-0.2, 0) is 9.59 Å². The standard InChI is InChI=1S/C24H22ClN3O4/c1-16-7-5-10-19(13-16)27-24(32)26-15-21(29)28(20-11-3-2-4-12-20)22(23(30)31)17-8-6-9-18(25)14-17/h2-14,22H,15H2,1H3,(H,30,31)(H2,26,27,32). The number of aliphatic carboxylic acids is 1. The fraction of sp³-hybridized carbons (Fsp3) is 0.125. The Balaban J connectivity index is 1.83. The van der Waals surface area contributed by atoms with E-state index in [0.717, 1.165) is 10.5 Å². The molecule has 0 saturated heterocycles. The van der Waals surface area contributed by atoms with Crippen LogP contribution in [0.5, 0.6) is 0 Å². The molecule has 0 bridgehead atoms. The second kappa shape index (κ2) is 10.5. The van der Waals surface area contributed by atoms with Gasteiger partial charge in [0.25, 0.3) is 0 Å². The molecule has 3 N–H and O–H groups in total. The normalized spacial score (nSPS) is 11.3. The van der Waals surface area contributed by atoms with Crippen molar-refractivity contribution in [3.05, 3.63) is 95.0 Å². The first kappa shape index (κ1) is 22.8. The van der Waals surface area contributed by atoms with Crippen molar-refractivity contribution in [2.75, 3.05) is 16.8 Å². The van der Waals surface area contributed by atoms with E-state index in [4.69, 9.17) is 11.6 Å². The molecular formula is C24H22ClN3O4. The monoisotopic (exact) mass is 451 g/mol. The minimum Gasteiger partial charge on any atom is -0.479 e. The molecule has 0 aliphatic carbocycles. The van der Waals surface area contributed by atoms with E-state index in [1.54, 1.807) is 66.7 Å². The molecule has 1 atom stereocenters. The molecule has 1 unspecified atom stereocenters. The average molecular weight is 452 g/mol. The number of aryl methyl sites for hydroxylation is 1. The fourth-order valence-electron chi connectivity index (χ4n) is 3.24. The molecular weight excluding hydrogens is 430 g/mol. The van der Waals surface area contributed by atoms with Gasteiger partial charge in [-0.15, -0.1) is 0 Å². The number of urea groups is 1. The zero-order valence-electron chi connectivity index (χ0n) is 17.3. The molecule has 32 heavy (non-hydrogen) atoms. The molecule has 7 nitrogen and oxygen atoms in total. The van der Waals surface area contributed by atoms with Crippen LogP contribution in [-0.4, -0.2) is 29.6 Å². The Bertz CT molecular complexity index is 1120. The highest BCUT2D eigenvalue weighted by molar-refractivity contribution is 6.30. The van der Waals surface area contributed by atoms with Crippen molar-refractivity contribution in [1.82, 2.24) is 5.32 Å². The van der Waals surface area contributed by atoms with E-state index in [9.17, 15) is 19.5 Å². The summed E-state index contributed by atoms with van der Waals surface area (Å²) in [5.74, 6) is -1.82. The molecule has 0 aromatic heterocycles. The number of carboxylic acids is 1. The van der Waals surface area contributed by atoms with Crippen LogP contribution in [0.1, 0.15) is 17.2 Å². The molecule has 3 aromatic carbocycles. The van der Waals surface area contributed by atoms with Crippen molar-refractivity contribution in [2.24, 2.45) is 0 Å². The Kier molecular flexibility index (Phi) is 7.46. The van der Waals surface area contributed by atoms with Gasteiger partial charge in [-0.25, -0.2) is 9.59 Å². The summed E-state index contributed by atoms with van der Waals surface area (Å²) in [6.07, 6.45) is 0. The number of benzene rings is 3. The van der Waals surface area contributed by atoms with Gasteiger partial charge in [0.15, 0.2) is 6.04 Å². The van der Waals surface area contributed by atoms with Crippen molar-refractivity contribution in [2.45, 2.75) is 13.0 Å². The van der Waals surface area contributed by atoms with E-state index in [-0.39, 0.29) is 0 Å². The molecule has 3 amide bonds. The lowest BCUT2D eigenvalue weighted by Crippen LogP contribution is -2.45. The zero-order chi connectivity index (χ0) is 23.1. The Labute approximate surface area is 190 Å². The molecule has 0 saturated carbocycles. The van der Waals surface area contributed by atoms with Gasteiger partial charge in [-0.2, -0.15) is 0 Å². The summed E-state index contributed by atoms with van der Waals surface area (Å²) >= 11 is 6.05. The first-order chi connectivity index (χ1) is 15.3. The molecule has 0 aliphatic rings. The number of hydrogen-bond acceptors (Lipinski definition) is 3. The molecule has 0 radical (unpaired) electrons. The largest absolute Gasteiger partial charge is 0.479 e. The van der Waals surface area contributed by atoms with Crippen LogP contribution in [0.2, 0.25) is 5.02 Å². The lowest BCUT2D eigenvalue weighted by molar-refractivity contribution is -0.140. The third kappa shape index (κ3) is 5.86. The molecule has 3 aromatic rings. The average Bonchev–Trinajstić information content (AvgIpc) is 2.76. The lowest BCUT2D eigenvalue weighted by atomic mass is 10.0. The van der Waals surface area contributed by atoms with Gasteiger partial charge in [0.2, 0.25) is 5.91 Å². The highest BCUT2D eigenvalue weighted by Gasteiger charge is 2.32. The summed E-state index contributed by atoms with van der Waals surface area (Å²) in [6, 6.07) is 20.1. The number of halogens is 1. The summed E-state index contributed by atoms with van der Waals surface area (Å²) in [4.78, 5) is 38.8. The van der Waals surface area contributed by atoms with Crippen molar-refractivity contribution in [3.8, 4) is 0 Å². The SMILES string of the molecule is Cc1cccc(NC(=O)NCC(=O)N(c2ccccc2)C(C(=O)O)c2cccc(Cl)c2)c1. The highest BCUT2D eigenvalue weighted by Crippen LogP contribution is 2.29. The van der Waals surface area contributed by atoms with Gasteiger partial charge in [-0.3, -0.25) is 9.69 Å². The minimum atomic E-state index is -1.33. The maximum Gasteiger partial charge on any atom is 0.331 e. The molecule has 0 fully saturated rings. The number of nitrogens with zero attached hydrogens (tertiary/aromatic N) is 1. The first-order valence-corrected chi connectivity index (χ1v) is 10.2. The smallest absolute Gasteiger partial charge is 0.331 e. The molecule has 164 valence electrons. The number of carboxylic acid groups (broad SMARTS) is 1. The molecule has 0 spiro atoms. The van der Waals surface area contributed by atoms with Crippen LogP contribution in [0.3, 0.4) is 0 Å². The van der Waals surface area contributed by atoms with Gasteiger partial charge in [0.05, 0.1) is 6.54 Å². The van der Waals surface area contributed by atoms with Crippen LogP contribution >= 0.6 is 11.6 Å². The number of amides is 3. The van der Waals surface area contributed by atoms with Crippen LogP contribution in [0.4, 0.5) is 16.2 Å². The third-order valence-corrected chi connectivity index (χ3v) is 4.87. The van der Waals surface area contributed by atoms with Crippen molar-refractivity contribution in [1.29, 1.82) is 0 Å². The first-order valence-electron chi connectivity index (χ1n) is 9.82. The fourth-order valence-corrected chi connectivity index (χ4v) is 3.44. The Hall–Kier alpha value is -3.84. The van der Waals surface area contributed by atoms with Gasteiger partial charge in [0, 0.05) is 16.4 Å². The zero-order valence-corrected chi connectivity index (χ0v) is 18.0. The van der Waals surface area contributed by atoms with Gasteiger partial charge in [-0.1, -0.05) is 54.1 Å². The maximum atomic E-state index is 13.1. The van der Waals surface area contributed by atoms with E-state index >= 15 is 0 Å². The van der Waals surface area contributed by atoms with Crippen molar-refractivity contribution < 1.29 is 19.5 Å². The summed E-state index contributed by atoms with van der Waals surface area (Å²) in [5, 5.41) is 15.5. The third-order valence-electron chi connectivity index (χ3n) is 4.64. The van der Waals surface area contributed by atoms with Crippen LogP contribution in [0.15, 0.2) is 78.9 Å². The number of hydrogen-bond donors (Lipinski definition) is 3. The maximum absolute atomic E-state index is 13.1. The predicted octanol–water partition coefficient (Wildman–Crippen LogP) is 4.63. The highest BCUT2D eigenvalue weighted by atomic mass is 35.5. The number of rotatable bonds is 7. The Morgan fingerprint density at radius 3 is 2.34 bits per heavy atom. The number of anilines is 2. The van der Waals surface area contributed by atoms with Crippen LogP contribution in [0.25, 0.3) is 0 Å². The lowest BCUT2D eigenvalue weighted by Gasteiger charge is -2.29.